The summed E-state index contributed by atoms with van der Waals surface area (Å²) < 4.78 is 41.3. The van der Waals surface area contributed by atoms with E-state index in [1.807, 2.05) is 12.1 Å². The van der Waals surface area contributed by atoms with Crippen molar-refractivity contribution in [3.63, 3.8) is 0 Å². The number of aliphatic hydroxyl groups is 1. The van der Waals surface area contributed by atoms with Crippen LogP contribution in [0.15, 0.2) is 48.5 Å². The molecule has 0 amide bonds. The molecule has 150 valence electrons. The molecule has 4 aromatic rings. The molecule has 0 spiro atoms. The minimum absolute atomic E-state index is 0.292. The van der Waals surface area contributed by atoms with Gasteiger partial charge in [0.1, 0.15) is 5.75 Å². The molecule has 8 heteroatoms. The zero-order valence-corrected chi connectivity index (χ0v) is 16.2. The second-order valence-electron chi connectivity index (χ2n) is 7.23. The number of aromatic amines is 1. The predicted octanol–water partition coefficient (Wildman–Crippen LogP) is 6.16. The van der Waals surface area contributed by atoms with Crippen molar-refractivity contribution in [1.82, 2.24) is 9.97 Å². The van der Waals surface area contributed by atoms with Gasteiger partial charge in [0, 0.05) is 21.9 Å². The lowest BCUT2D eigenvalue weighted by molar-refractivity contribution is -0.274. The molecule has 4 nitrogen and oxygen atoms in total. The SMILES string of the molecule is CC(C)(O)c1ccc2ccc(-c3cc4cc(OC(F)(F)F)ccc4[nH]3)nc2c1Cl. The van der Waals surface area contributed by atoms with E-state index in [-0.39, 0.29) is 5.75 Å². The van der Waals surface area contributed by atoms with Crippen LogP contribution in [0, 0.1) is 0 Å². The molecule has 4 rings (SSSR count). The number of nitrogens with zero attached hydrogens (tertiary/aromatic N) is 1. The monoisotopic (exact) mass is 420 g/mol. The van der Waals surface area contributed by atoms with Gasteiger partial charge >= 0.3 is 6.36 Å². The predicted molar refractivity (Wildman–Crippen MR) is 106 cm³/mol. The Kier molecular flexibility index (Phi) is 4.47. The summed E-state index contributed by atoms with van der Waals surface area (Å²) in [5.74, 6) is -0.292. The molecule has 0 bridgehead atoms. The van der Waals surface area contributed by atoms with Crippen LogP contribution in [-0.2, 0) is 5.60 Å². The van der Waals surface area contributed by atoms with Crippen molar-refractivity contribution < 1.29 is 23.0 Å². The maximum absolute atomic E-state index is 12.4. The third-order valence-electron chi connectivity index (χ3n) is 4.56. The van der Waals surface area contributed by atoms with Crippen molar-refractivity contribution >= 4 is 33.4 Å². The Labute approximate surface area is 168 Å². The Morgan fingerprint density at radius 1 is 1.00 bits per heavy atom. The van der Waals surface area contributed by atoms with Crippen LogP contribution in [0.3, 0.4) is 0 Å². The van der Waals surface area contributed by atoms with Gasteiger partial charge in [-0.2, -0.15) is 0 Å². The summed E-state index contributed by atoms with van der Waals surface area (Å²) in [6, 6.07) is 13.0. The average Bonchev–Trinajstić information content (AvgIpc) is 3.02. The summed E-state index contributed by atoms with van der Waals surface area (Å²) in [6.07, 6.45) is -4.75. The summed E-state index contributed by atoms with van der Waals surface area (Å²) >= 11 is 6.49. The van der Waals surface area contributed by atoms with Crippen LogP contribution < -0.4 is 4.74 Å². The van der Waals surface area contributed by atoms with Gasteiger partial charge < -0.3 is 14.8 Å². The van der Waals surface area contributed by atoms with Crippen LogP contribution in [0.25, 0.3) is 33.2 Å². The van der Waals surface area contributed by atoms with E-state index in [2.05, 4.69) is 14.7 Å². The summed E-state index contributed by atoms with van der Waals surface area (Å²) in [5.41, 5.74) is 1.80. The smallest absolute Gasteiger partial charge is 0.406 e. The van der Waals surface area contributed by atoms with Crippen LogP contribution >= 0.6 is 11.6 Å². The van der Waals surface area contributed by atoms with Crippen LogP contribution in [0.4, 0.5) is 13.2 Å². The molecule has 0 fully saturated rings. The summed E-state index contributed by atoms with van der Waals surface area (Å²) in [5, 5.41) is 12.0. The van der Waals surface area contributed by atoms with Gasteiger partial charge in [0.25, 0.3) is 0 Å². The number of hydrogen-bond acceptors (Lipinski definition) is 3. The normalized spacial score (nSPS) is 12.7. The molecule has 2 N–H and O–H groups in total. The summed E-state index contributed by atoms with van der Waals surface area (Å²) in [7, 11) is 0. The number of nitrogens with one attached hydrogen (secondary N) is 1. The number of hydrogen-bond donors (Lipinski definition) is 2. The molecule has 29 heavy (non-hydrogen) atoms. The molecule has 2 aromatic carbocycles. The van der Waals surface area contributed by atoms with E-state index in [0.717, 1.165) is 5.39 Å². The number of rotatable bonds is 3. The molecule has 2 aromatic heterocycles. The highest BCUT2D eigenvalue weighted by molar-refractivity contribution is 6.36. The van der Waals surface area contributed by atoms with E-state index in [1.165, 1.54) is 18.2 Å². The quantitative estimate of drug-likeness (QED) is 0.417. The highest BCUT2D eigenvalue weighted by Gasteiger charge is 2.31. The number of aromatic nitrogens is 2. The fraction of sp³-hybridized carbons (Fsp3) is 0.190. The lowest BCUT2D eigenvalue weighted by Crippen LogP contribution is -2.16. The van der Waals surface area contributed by atoms with E-state index in [0.29, 0.717) is 38.4 Å². The zero-order chi connectivity index (χ0) is 21.0. The van der Waals surface area contributed by atoms with Crippen LogP contribution in [0.1, 0.15) is 19.4 Å². The molecule has 0 aliphatic rings. The minimum atomic E-state index is -4.75. The van der Waals surface area contributed by atoms with Gasteiger partial charge in [-0.3, -0.25) is 0 Å². The zero-order valence-electron chi connectivity index (χ0n) is 15.4. The number of fused-ring (bicyclic) bond motifs is 2. The lowest BCUT2D eigenvalue weighted by Gasteiger charge is -2.20. The van der Waals surface area contributed by atoms with E-state index >= 15 is 0 Å². The van der Waals surface area contributed by atoms with Crippen molar-refractivity contribution in [3.05, 3.63) is 59.1 Å². The minimum Gasteiger partial charge on any atom is -0.406 e. The molecule has 0 atom stereocenters. The third kappa shape index (κ3) is 3.88. The number of H-pyrrole nitrogens is 1. The number of halogens is 4. The Balaban J connectivity index is 1.79. The van der Waals surface area contributed by atoms with Crippen LogP contribution in [0.2, 0.25) is 5.02 Å². The van der Waals surface area contributed by atoms with E-state index in [4.69, 9.17) is 11.6 Å². The molecule has 0 aliphatic heterocycles. The molecule has 0 aliphatic carbocycles. The fourth-order valence-corrected chi connectivity index (χ4v) is 3.67. The maximum atomic E-state index is 12.4. The second kappa shape index (κ2) is 6.64. The highest BCUT2D eigenvalue weighted by Crippen LogP contribution is 2.35. The van der Waals surface area contributed by atoms with Gasteiger partial charge in [-0.05, 0) is 44.2 Å². The largest absolute Gasteiger partial charge is 0.573 e. The molecule has 2 heterocycles. The first kappa shape index (κ1) is 19.5. The molecular formula is C21H16ClF3N2O2. The first-order valence-corrected chi connectivity index (χ1v) is 9.10. The van der Waals surface area contributed by atoms with Crippen molar-refractivity contribution in [3.8, 4) is 17.1 Å². The average molecular weight is 421 g/mol. The van der Waals surface area contributed by atoms with Crippen molar-refractivity contribution in [1.29, 1.82) is 0 Å². The highest BCUT2D eigenvalue weighted by atomic mass is 35.5. The van der Waals surface area contributed by atoms with Gasteiger partial charge in [-0.25, -0.2) is 4.98 Å². The van der Waals surface area contributed by atoms with Crippen LogP contribution in [0.5, 0.6) is 5.75 Å². The van der Waals surface area contributed by atoms with E-state index < -0.39 is 12.0 Å². The third-order valence-corrected chi connectivity index (χ3v) is 4.94. The summed E-state index contributed by atoms with van der Waals surface area (Å²) in [6.45, 7) is 3.28. The molecule has 0 radical (unpaired) electrons. The molecule has 0 saturated carbocycles. The molecule has 0 saturated heterocycles. The number of pyridine rings is 1. The Morgan fingerprint density at radius 3 is 2.41 bits per heavy atom. The molecular weight excluding hydrogens is 405 g/mol. The fourth-order valence-electron chi connectivity index (χ4n) is 3.22. The topological polar surface area (TPSA) is 58.1 Å². The maximum Gasteiger partial charge on any atom is 0.573 e. The standard InChI is InChI=1S/C21H16ClF3N2O2/c1-20(2,28)14-6-3-11-4-7-16(27-19(11)18(14)22)17-10-12-9-13(29-21(23,24)25)5-8-15(12)26-17/h3-10,26,28H,1-2H3. The number of ether oxygens (including phenoxy) is 1. The van der Waals surface area contributed by atoms with Gasteiger partial charge in [0.2, 0.25) is 0 Å². The Bertz CT molecular complexity index is 1230. The lowest BCUT2D eigenvalue weighted by atomic mass is 9.97. The van der Waals surface area contributed by atoms with Crippen molar-refractivity contribution in [2.45, 2.75) is 25.8 Å². The van der Waals surface area contributed by atoms with E-state index in [9.17, 15) is 18.3 Å². The van der Waals surface area contributed by atoms with Crippen LogP contribution in [-0.4, -0.2) is 21.4 Å². The summed E-state index contributed by atoms with van der Waals surface area (Å²) in [4.78, 5) is 7.75. The first-order valence-electron chi connectivity index (χ1n) is 8.72. The van der Waals surface area contributed by atoms with Crippen molar-refractivity contribution in [2.24, 2.45) is 0 Å². The number of alkyl halides is 3. The second-order valence-corrected chi connectivity index (χ2v) is 7.61. The first-order chi connectivity index (χ1) is 13.5. The Hall–Kier alpha value is -2.77. The van der Waals surface area contributed by atoms with Gasteiger partial charge in [-0.15, -0.1) is 13.2 Å². The van der Waals surface area contributed by atoms with Gasteiger partial charge in [0.05, 0.1) is 27.5 Å². The van der Waals surface area contributed by atoms with Crippen molar-refractivity contribution in [2.75, 3.05) is 0 Å². The Morgan fingerprint density at radius 2 is 1.72 bits per heavy atom. The van der Waals surface area contributed by atoms with E-state index in [1.54, 1.807) is 32.0 Å². The van der Waals surface area contributed by atoms with Gasteiger partial charge in [0.15, 0.2) is 0 Å². The van der Waals surface area contributed by atoms with Gasteiger partial charge in [-0.1, -0.05) is 29.8 Å². The number of benzene rings is 2. The molecule has 0 unspecified atom stereocenters.